The van der Waals surface area contributed by atoms with E-state index in [1.807, 2.05) is 30.3 Å². The molecule has 0 bridgehead atoms. The van der Waals surface area contributed by atoms with Crippen LogP contribution in [0.15, 0.2) is 48.5 Å². The highest BCUT2D eigenvalue weighted by Crippen LogP contribution is 2.21. The van der Waals surface area contributed by atoms with Gasteiger partial charge in [0.2, 0.25) is 10.0 Å². The summed E-state index contributed by atoms with van der Waals surface area (Å²) in [5.41, 5.74) is 1.46. The van der Waals surface area contributed by atoms with Gasteiger partial charge in [0.05, 0.1) is 24.5 Å². The van der Waals surface area contributed by atoms with Gasteiger partial charge in [-0.3, -0.25) is 4.79 Å². The molecule has 2 aromatic carbocycles. The summed E-state index contributed by atoms with van der Waals surface area (Å²) in [6.45, 7) is 1.26. The third-order valence-corrected chi connectivity index (χ3v) is 6.20. The SMILES string of the molecule is O=C(NCCS(=O)(=O)N1CCOCC1)c1cc(-c2ccccc2)ccc1F. The molecule has 0 radical (unpaired) electrons. The second-order valence-corrected chi connectivity index (χ2v) is 8.23. The molecule has 0 saturated carbocycles. The zero-order valence-electron chi connectivity index (χ0n) is 14.7. The average molecular weight is 392 g/mol. The molecule has 27 heavy (non-hydrogen) atoms. The quantitative estimate of drug-likeness (QED) is 0.815. The van der Waals surface area contributed by atoms with Crippen molar-refractivity contribution >= 4 is 15.9 Å². The summed E-state index contributed by atoms with van der Waals surface area (Å²) in [6.07, 6.45) is 0. The van der Waals surface area contributed by atoms with Crippen LogP contribution in [0, 0.1) is 5.82 Å². The molecule has 1 N–H and O–H groups in total. The number of nitrogens with one attached hydrogen (secondary N) is 1. The van der Waals surface area contributed by atoms with Crippen LogP contribution in [-0.4, -0.2) is 57.2 Å². The Kier molecular flexibility index (Phi) is 6.20. The highest BCUT2D eigenvalue weighted by atomic mass is 32.2. The van der Waals surface area contributed by atoms with Crippen molar-refractivity contribution in [1.82, 2.24) is 9.62 Å². The Labute approximate surface area is 158 Å². The van der Waals surface area contributed by atoms with Crippen LogP contribution in [0.4, 0.5) is 4.39 Å². The lowest BCUT2D eigenvalue weighted by molar-refractivity contribution is 0.0730. The molecule has 2 aromatic rings. The molecule has 144 valence electrons. The Bertz CT molecular complexity index is 897. The smallest absolute Gasteiger partial charge is 0.254 e. The molecule has 1 heterocycles. The number of hydrogen-bond acceptors (Lipinski definition) is 4. The van der Waals surface area contributed by atoms with E-state index < -0.39 is 21.7 Å². The zero-order valence-corrected chi connectivity index (χ0v) is 15.5. The van der Waals surface area contributed by atoms with Gasteiger partial charge < -0.3 is 10.1 Å². The summed E-state index contributed by atoms with van der Waals surface area (Å²) >= 11 is 0. The van der Waals surface area contributed by atoms with Crippen molar-refractivity contribution in [3.05, 3.63) is 59.9 Å². The molecular weight excluding hydrogens is 371 g/mol. The number of carbonyl (C=O) groups is 1. The van der Waals surface area contributed by atoms with Gasteiger partial charge in [-0.05, 0) is 23.3 Å². The molecule has 0 atom stereocenters. The molecule has 3 rings (SSSR count). The minimum atomic E-state index is -3.48. The van der Waals surface area contributed by atoms with Crippen LogP contribution < -0.4 is 5.32 Å². The van der Waals surface area contributed by atoms with Crippen molar-refractivity contribution in [3.8, 4) is 11.1 Å². The first kappa shape index (κ1) is 19.5. The van der Waals surface area contributed by atoms with E-state index in [2.05, 4.69) is 5.32 Å². The van der Waals surface area contributed by atoms with E-state index in [0.29, 0.717) is 31.9 Å². The lowest BCUT2D eigenvalue weighted by Gasteiger charge is -2.26. The number of benzene rings is 2. The van der Waals surface area contributed by atoms with E-state index in [0.717, 1.165) is 5.56 Å². The van der Waals surface area contributed by atoms with Crippen molar-refractivity contribution in [2.75, 3.05) is 38.6 Å². The summed E-state index contributed by atoms with van der Waals surface area (Å²) in [6, 6.07) is 13.6. The Morgan fingerprint density at radius 2 is 1.78 bits per heavy atom. The zero-order chi connectivity index (χ0) is 19.3. The van der Waals surface area contributed by atoms with Crippen LogP contribution >= 0.6 is 0 Å². The Hall–Kier alpha value is -2.29. The minimum Gasteiger partial charge on any atom is -0.379 e. The van der Waals surface area contributed by atoms with Crippen molar-refractivity contribution < 1.29 is 22.3 Å². The van der Waals surface area contributed by atoms with Crippen LogP contribution in [-0.2, 0) is 14.8 Å². The van der Waals surface area contributed by atoms with Gasteiger partial charge >= 0.3 is 0 Å². The van der Waals surface area contributed by atoms with Crippen LogP contribution in [0.25, 0.3) is 11.1 Å². The average Bonchev–Trinajstić information content (AvgIpc) is 2.69. The number of carbonyl (C=O) groups excluding carboxylic acids is 1. The summed E-state index contributed by atoms with van der Waals surface area (Å²) in [4.78, 5) is 12.3. The summed E-state index contributed by atoms with van der Waals surface area (Å²) in [5, 5.41) is 2.50. The molecular formula is C19H21FN2O4S. The highest BCUT2D eigenvalue weighted by molar-refractivity contribution is 7.89. The number of ether oxygens (including phenoxy) is 1. The van der Waals surface area contributed by atoms with Gasteiger partial charge in [-0.15, -0.1) is 0 Å². The topological polar surface area (TPSA) is 75.7 Å². The minimum absolute atomic E-state index is 0.0898. The van der Waals surface area contributed by atoms with E-state index in [9.17, 15) is 17.6 Å². The largest absolute Gasteiger partial charge is 0.379 e. The maximum absolute atomic E-state index is 14.1. The predicted octanol–water partition coefficient (Wildman–Crippen LogP) is 1.88. The van der Waals surface area contributed by atoms with Crippen LogP contribution in [0.5, 0.6) is 0 Å². The third-order valence-electron chi connectivity index (χ3n) is 4.33. The van der Waals surface area contributed by atoms with Gasteiger partial charge in [0, 0.05) is 19.6 Å². The molecule has 0 aromatic heterocycles. The number of rotatable bonds is 6. The Morgan fingerprint density at radius 1 is 1.07 bits per heavy atom. The molecule has 1 saturated heterocycles. The van der Waals surface area contributed by atoms with Gasteiger partial charge in [0.15, 0.2) is 0 Å². The second-order valence-electron chi connectivity index (χ2n) is 6.14. The Morgan fingerprint density at radius 3 is 2.48 bits per heavy atom. The standard InChI is InChI=1S/C19H21FN2O4S/c20-18-7-6-16(15-4-2-1-3-5-15)14-17(18)19(23)21-8-13-27(24,25)22-9-11-26-12-10-22/h1-7,14H,8-13H2,(H,21,23). The summed E-state index contributed by atoms with van der Waals surface area (Å²) in [7, 11) is -3.48. The highest BCUT2D eigenvalue weighted by Gasteiger charge is 2.24. The first-order valence-corrected chi connectivity index (χ1v) is 10.3. The van der Waals surface area contributed by atoms with Crippen molar-refractivity contribution in [2.45, 2.75) is 0 Å². The summed E-state index contributed by atoms with van der Waals surface area (Å²) < 4.78 is 45.1. The van der Waals surface area contributed by atoms with E-state index >= 15 is 0 Å². The lowest BCUT2D eigenvalue weighted by Crippen LogP contribution is -2.43. The van der Waals surface area contributed by atoms with Crippen LogP contribution in [0.2, 0.25) is 0 Å². The van der Waals surface area contributed by atoms with Gasteiger partial charge in [-0.25, -0.2) is 12.8 Å². The molecule has 1 fully saturated rings. The first-order valence-electron chi connectivity index (χ1n) is 8.66. The normalized spacial score (nSPS) is 15.4. The molecule has 1 amide bonds. The molecule has 0 spiro atoms. The maximum Gasteiger partial charge on any atom is 0.254 e. The van der Waals surface area contributed by atoms with Crippen LogP contribution in [0.3, 0.4) is 0 Å². The number of nitrogens with zero attached hydrogens (tertiary/aromatic N) is 1. The third kappa shape index (κ3) is 4.91. The van der Waals surface area contributed by atoms with Crippen molar-refractivity contribution in [1.29, 1.82) is 0 Å². The van der Waals surface area contributed by atoms with Gasteiger partial charge in [-0.1, -0.05) is 36.4 Å². The van der Waals surface area contributed by atoms with Gasteiger partial charge in [0.1, 0.15) is 5.82 Å². The van der Waals surface area contributed by atoms with E-state index in [1.165, 1.54) is 16.4 Å². The number of morpholine rings is 1. The fourth-order valence-corrected chi connectivity index (χ4v) is 4.18. The number of hydrogen-bond donors (Lipinski definition) is 1. The fourth-order valence-electron chi connectivity index (χ4n) is 2.85. The predicted molar refractivity (Wildman–Crippen MR) is 100 cm³/mol. The first-order chi connectivity index (χ1) is 13.0. The van der Waals surface area contributed by atoms with E-state index in [1.54, 1.807) is 6.07 Å². The van der Waals surface area contributed by atoms with Crippen molar-refractivity contribution in [2.24, 2.45) is 0 Å². The van der Waals surface area contributed by atoms with Gasteiger partial charge in [-0.2, -0.15) is 4.31 Å². The molecule has 6 nitrogen and oxygen atoms in total. The molecule has 1 aliphatic heterocycles. The number of halogens is 1. The maximum atomic E-state index is 14.1. The van der Waals surface area contributed by atoms with E-state index in [-0.39, 0.29) is 17.9 Å². The molecule has 0 aliphatic carbocycles. The molecule has 1 aliphatic rings. The second kappa shape index (κ2) is 8.60. The van der Waals surface area contributed by atoms with Gasteiger partial charge in [0.25, 0.3) is 5.91 Å². The summed E-state index contributed by atoms with van der Waals surface area (Å²) in [5.74, 6) is -1.52. The Balaban J connectivity index is 1.64. The monoisotopic (exact) mass is 392 g/mol. The number of sulfonamides is 1. The lowest BCUT2D eigenvalue weighted by atomic mass is 10.0. The number of amides is 1. The fraction of sp³-hybridized carbons (Fsp3) is 0.316. The molecule has 8 heteroatoms. The van der Waals surface area contributed by atoms with Crippen molar-refractivity contribution in [3.63, 3.8) is 0 Å². The van der Waals surface area contributed by atoms with Crippen LogP contribution in [0.1, 0.15) is 10.4 Å². The van der Waals surface area contributed by atoms with E-state index in [4.69, 9.17) is 4.74 Å². The molecule has 0 unspecified atom stereocenters.